The topological polar surface area (TPSA) is 85.6 Å². The summed E-state index contributed by atoms with van der Waals surface area (Å²) in [5.41, 5.74) is 0.237. The number of ether oxygens (including phenoxy) is 2. The van der Waals surface area contributed by atoms with Crippen molar-refractivity contribution >= 4 is 34.5 Å². The predicted octanol–water partition coefficient (Wildman–Crippen LogP) is 2.18. The molecule has 4 heterocycles. The molecule has 0 atom stereocenters. The minimum Gasteiger partial charge on any atom is -0.444 e. The van der Waals surface area contributed by atoms with Gasteiger partial charge in [0.25, 0.3) is 0 Å². The summed E-state index contributed by atoms with van der Waals surface area (Å²) in [6.07, 6.45) is 1.52. The molecule has 0 aliphatic carbocycles. The molecule has 4 rings (SSSR count). The maximum Gasteiger partial charge on any atom is 0.410 e. The summed E-state index contributed by atoms with van der Waals surface area (Å²) in [7, 11) is 0. The van der Waals surface area contributed by atoms with E-state index in [1.165, 1.54) is 0 Å². The van der Waals surface area contributed by atoms with E-state index < -0.39 is 5.60 Å². The fourth-order valence-corrected chi connectivity index (χ4v) is 3.63. The highest BCUT2D eigenvalue weighted by Crippen LogP contribution is 2.28. The number of carbonyl (C=O) groups is 1. The summed E-state index contributed by atoms with van der Waals surface area (Å²) in [5, 5.41) is 5.60. The van der Waals surface area contributed by atoms with Crippen LogP contribution in [0.1, 0.15) is 20.8 Å². The minimum atomic E-state index is -0.482. The van der Waals surface area contributed by atoms with Crippen molar-refractivity contribution in [3.05, 3.63) is 11.5 Å². The largest absolute Gasteiger partial charge is 0.444 e. The van der Waals surface area contributed by atoms with Crippen LogP contribution in [0.5, 0.6) is 0 Å². The Kier molecular flexibility index (Phi) is 5.05. The van der Waals surface area contributed by atoms with Crippen molar-refractivity contribution in [1.82, 2.24) is 24.6 Å². The van der Waals surface area contributed by atoms with Gasteiger partial charge in [-0.2, -0.15) is 15.1 Å². The van der Waals surface area contributed by atoms with Crippen LogP contribution < -0.4 is 4.90 Å². The first-order valence-electron chi connectivity index (χ1n) is 9.50. The van der Waals surface area contributed by atoms with Crippen LogP contribution in [0.2, 0.25) is 5.28 Å². The molecule has 2 fully saturated rings. The number of halogens is 1. The smallest absolute Gasteiger partial charge is 0.410 e. The summed E-state index contributed by atoms with van der Waals surface area (Å²) >= 11 is 6.19. The summed E-state index contributed by atoms with van der Waals surface area (Å²) in [5.74, 6) is 1.10. The van der Waals surface area contributed by atoms with E-state index in [1.54, 1.807) is 11.1 Å². The molecule has 2 aliphatic heterocycles. The first kappa shape index (κ1) is 19.2. The first-order valence-corrected chi connectivity index (χ1v) is 9.87. The first-order chi connectivity index (χ1) is 13.3. The van der Waals surface area contributed by atoms with Crippen molar-refractivity contribution in [2.24, 2.45) is 5.92 Å². The van der Waals surface area contributed by atoms with Gasteiger partial charge in [0.1, 0.15) is 11.4 Å². The van der Waals surface area contributed by atoms with E-state index in [2.05, 4.69) is 20.0 Å². The number of hydrogen-bond acceptors (Lipinski definition) is 7. The van der Waals surface area contributed by atoms with E-state index in [0.717, 1.165) is 29.9 Å². The fourth-order valence-electron chi connectivity index (χ4n) is 3.47. The van der Waals surface area contributed by atoms with Gasteiger partial charge in [0.05, 0.1) is 24.8 Å². The van der Waals surface area contributed by atoms with Crippen LogP contribution in [0.3, 0.4) is 0 Å². The van der Waals surface area contributed by atoms with Crippen molar-refractivity contribution in [3.8, 4) is 0 Å². The quantitative estimate of drug-likeness (QED) is 0.719. The number of nitrogens with zero attached hydrogens (tertiary/aromatic N) is 6. The monoisotopic (exact) mass is 408 g/mol. The van der Waals surface area contributed by atoms with Crippen molar-refractivity contribution in [3.63, 3.8) is 0 Å². The third-order valence-electron chi connectivity index (χ3n) is 4.80. The fraction of sp³-hybridized carbons (Fsp3) is 0.667. The lowest BCUT2D eigenvalue weighted by Crippen LogP contribution is -2.52. The zero-order valence-electron chi connectivity index (χ0n) is 16.4. The zero-order valence-corrected chi connectivity index (χ0v) is 17.1. The molecule has 1 amide bonds. The number of fused-ring (bicyclic) bond motifs is 1. The van der Waals surface area contributed by atoms with Crippen LogP contribution in [0.25, 0.3) is 11.0 Å². The van der Waals surface area contributed by atoms with Gasteiger partial charge in [0, 0.05) is 38.6 Å². The molecule has 152 valence electrons. The Balaban J connectivity index is 1.46. The number of likely N-dealkylation sites (tertiary alicyclic amines) is 1. The molecule has 10 heteroatoms. The second-order valence-corrected chi connectivity index (χ2v) is 8.57. The Morgan fingerprint density at radius 1 is 1.29 bits per heavy atom. The lowest BCUT2D eigenvalue weighted by molar-refractivity contribution is -0.00366. The molecule has 0 saturated carbocycles. The maximum absolute atomic E-state index is 12.1. The van der Waals surface area contributed by atoms with Gasteiger partial charge in [-0.3, -0.25) is 0 Å². The van der Waals surface area contributed by atoms with Crippen LogP contribution in [-0.4, -0.2) is 75.7 Å². The van der Waals surface area contributed by atoms with E-state index in [9.17, 15) is 4.79 Å². The number of rotatable bonds is 3. The summed E-state index contributed by atoms with van der Waals surface area (Å²) in [6, 6.07) is 0. The van der Waals surface area contributed by atoms with Gasteiger partial charge in [-0.15, -0.1) is 0 Å². The van der Waals surface area contributed by atoms with Crippen LogP contribution in [0.4, 0.5) is 10.6 Å². The Bertz CT molecular complexity index is 868. The minimum absolute atomic E-state index is 0.208. The number of carbonyl (C=O) groups excluding carboxylic acids is 1. The molecule has 2 aromatic heterocycles. The van der Waals surface area contributed by atoms with E-state index in [1.807, 2.05) is 25.5 Å². The van der Waals surface area contributed by atoms with E-state index in [4.69, 9.17) is 21.1 Å². The van der Waals surface area contributed by atoms with E-state index in [0.29, 0.717) is 38.8 Å². The summed E-state index contributed by atoms with van der Waals surface area (Å²) < 4.78 is 12.7. The van der Waals surface area contributed by atoms with Crippen molar-refractivity contribution in [1.29, 1.82) is 0 Å². The molecule has 28 heavy (non-hydrogen) atoms. The van der Waals surface area contributed by atoms with E-state index >= 15 is 0 Å². The van der Waals surface area contributed by atoms with Gasteiger partial charge in [-0.1, -0.05) is 0 Å². The Labute approximate surface area is 168 Å². The standard InChI is InChI=1S/C18H25ClN6O3/c1-18(2,3)28-17(26)24-9-12(10-24)11-25-15-13(8-20-25)14(21-16(19)22-15)23-4-6-27-7-5-23/h8,12H,4-7,9-11H2,1-3H3. The van der Waals surface area contributed by atoms with Gasteiger partial charge >= 0.3 is 6.09 Å². The Morgan fingerprint density at radius 2 is 2.00 bits per heavy atom. The third kappa shape index (κ3) is 4.00. The molecular formula is C18H25ClN6O3. The molecule has 2 aliphatic rings. The molecule has 0 spiro atoms. The maximum atomic E-state index is 12.1. The zero-order chi connectivity index (χ0) is 19.9. The lowest BCUT2D eigenvalue weighted by Gasteiger charge is -2.39. The second kappa shape index (κ2) is 7.36. The van der Waals surface area contributed by atoms with Crippen molar-refractivity contribution in [2.75, 3.05) is 44.3 Å². The highest BCUT2D eigenvalue weighted by atomic mass is 35.5. The highest BCUT2D eigenvalue weighted by Gasteiger charge is 2.34. The molecule has 2 aromatic rings. The Hall–Kier alpha value is -2.13. The van der Waals surface area contributed by atoms with Crippen LogP contribution in [0, 0.1) is 5.92 Å². The number of aromatic nitrogens is 4. The molecule has 9 nitrogen and oxygen atoms in total. The van der Waals surface area contributed by atoms with Crippen LogP contribution in [0.15, 0.2) is 6.20 Å². The second-order valence-electron chi connectivity index (χ2n) is 8.23. The van der Waals surface area contributed by atoms with Gasteiger partial charge < -0.3 is 19.3 Å². The van der Waals surface area contributed by atoms with Gasteiger partial charge in [0.2, 0.25) is 5.28 Å². The van der Waals surface area contributed by atoms with Crippen molar-refractivity contribution in [2.45, 2.75) is 32.9 Å². The van der Waals surface area contributed by atoms with Crippen molar-refractivity contribution < 1.29 is 14.3 Å². The Morgan fingerprint density at radius 3 is 2.68 bits per heavy atom. The molecule has 0 bridgehead atoms. The molecular weight excluding hydrogens is 384 g/mol. The summed E-state index contributed by atoms with van der Waals surface area (Å²) in [4.78, 5) is 24.8. The third-order valence-corrected chi connectivity index (χ3v) is 4.97. The normalized spacial score (nSPS) is 18.4. The number of amides is 1. The van der Waals surface area contributed by atoms with Gasteiger partial charge in [0.15, 0.2) is 5.65 Å². The van der Waals surface area contributed by atoms with Gasteiger partial charge in [-0.25, -0.2) is 9.48 Å². The van der Waals surface area contributed by atoms with E-state index in [-0.39, 0.29) is 11.4 Å². The number of hydrogen-bond donors (Lipinski definition) is 0. The SMILES string of the molecule is CC(C)(C)OC(=O)N1CC(Cn2ncc3c(N4CCOCC4)nc(Cl)nc32)C1. The highest BCUT2D eigenvalue weighted by molar-refractivity contribution is 6.28. The molecule has 2 saturated heterocycles. The molecule has 0 radical (unpaired) electrons. The molecule has 0 aromatic carbocycles. The van der Waals surface area contributed by atoms with Crippen LogP contribution in [-0.2, 0) is 16.0 Å². The molecule has 0 unspecified atom stereocenters. The average molecular weight is 409 g/mol. The summed E-state index contributed by atoms with van der Waals surface area (Å²) in [6.45, 7) is 10.4. The lowest BCUT2D eigenvalue weighted by atomic mass is 10.0. The average Bonchev–Trinajstić information content (AvgIpc) is 2.98. The predicted molar refractivity (Wildman–Crippen MR) is 105 cm³/mol. The van der Waals surface area contributed by atoms with Crippen LogP contribution >= 0.6 is 11.6 Å². The van der Waals surface area contributed by atoms with Gasteiger partial charge in [-0.05, 0) is 32.4 Å². The molecule has 0 N–H and O–H groups in total. The number of anilines is 1. The number of morpholine rings is 1.